The van der Waals surface area contributed by atoms with E-state index in [2.05, 4.69) is 5.32 Å². The third-order valence-electron chi connectivity index (χ3n) is 6.10. The monoisotopic (exact) mass is 498 g/mol. The highest BCUT2D eigenvalue weighted by Crippen LogP contribution is 2.25. The van der Waals surface area contributed by atoms with E-state index in [0.717, 1.165) is 41.0 Å². The Morgan fingerprint density at radius 2 is 1.74 bits per heavy atom. The van der Waals surface area contributed by atoms with Crippen LogP contribution in [0, 0.1) is 5.82 Å². The highest BCUT2D eigenvalue weighted by Gasteiger charge is 2.29. The van der Waals surface area contributed by atoms with Crippen LogP contribution >= 0.6 is 0 Å². The normalized spacial score (nSPS) is 15.5. The van der Waals surface area contributed by atoms with E-state index in [1.165, 1.54) is 4.31 Å². The first-order chi connectivity index (χ1) is 16.8. The number of piperidine rings is 1. The molecule has 1 saturated heterocycles. The Balaban J connectivity index is 1.41. The van der Waals surface area contributed by atoms with Crippen molar-refractivity contribution >= 4 is 32.7 Å². The van der Waals surface area contributed by atoms with Gasteiger partial charge in [-0.05, 0) is 54.3 Å². The molecule has 1 aliphatic heterocycles. The molecule has 0 aromatic heterocycles. The van der Waals surface area contributed by atoms with Crippen LogP contribution < -0.4 is 5.32 Å². The number of carbonyl (C=O) groups is 2. The molecule has 1 fully saturated rings. The van der Waals surface area contributed by atoms with E-state index in [1.807, 2.05) is 49.4 Å². The molecule has 0 aliphatic carbocycles. The number of esters is 1. The number of nitrogens with one attached hydrogen (secondary N) is 1. The predicted molar refractivity (Wildman–Crippen MR) is 130 cm³/mol. The lowest BCUT2D eigenvalue weighted by Gasteiger charge is -2.26. The van der Waals surface area contributed by atoms with Crippen molar-refractivity contribution in [1.29, 1.82) is 0 Å². The van der Waals surface area contributed by atoms with Gasteiger partial charge in [0.25, 0.3) is 5.91 Å². The lowest BCUT2D eigenvalue weighted by Crippen LogP contribution is -2.36. The van der Waals surface area contributed by atoms with Crippen LogP contribution in [0.1, 0.15) is 48.1 Å². The van der Waals surface area contributed by atoms with Crippen molar-refractivity contribution in [3.8, 4) is 0 Å². The Bertz CT molecular complexity index is 1350. The maximum atomic E-state index is 14.4. The number of sulfonamides is 1. The lowest BCUT2D eigenvalue weighted by atomic mass is 10.00. The quantitative estimate of drug-likeness (QED) is 0.493. The summed E-state index contributed by atoms with van der Waals surface area (Å²) in [5, 5.41) is 4.86. The summed E-state index contributed by atoms with van der Waals surface area (Å²) in [7, 11) is -4.07. The first-order valence-electron chi connectivity index (χ1n) is 11.5. The average Bonchev–Trinajstić information content (AvgIpc) is 2.87. The average molecular weight is 499 g/mol. The van der Waals surface area contributed by atoms with Crippen LogP contribution in [0.25, 0.3) is 10.8 Å². The molecule has 4 rings (SSSR count). The molecule has 1 unspecified atom stereocenters. The molecule has 0 spiro atoms. The molecule has 9 heteroatoms. The zero-order chi connectivity index (χ0) is 25.0. The van der Waals surface area contributed by atoms with Gasteiger partial charge < -0.3 is 10.1 Å². The molecule has 0 bridgehead atoms. The predicted octanol–water partition coefficient (Wildman–Crippen LogP) is 4.19. The van der Waals surface area contributed by atoms with Crippen molar-refractivity contribution in [3.63, 3.8) is 0 Å². The van der Waals surface area contributed by atoms with Crippen molar-refractivity contribution in [1.82, 2.24) is 9.62 Å². The Morgan fingerprint density at radius 3 is 2.51 bits per heavy atom. The van der Waals surface area contributed by atoms with Gasteiger partial charge in [0.1, 0.15) is 10.7 Å². The molecule has 7 nitrogen and oxygen atoms in total. The van der Waals surface area contributed by atoms with E-state index in [0.29, 0.717) is 25.9 Å². The van der Waals surface area contributed by atoms with E-state index < -0.39 is 39.2 Å². The summed E-state index contributed by atoms with van der Waals surface area (Å²) in [6.45, 7) is 1.90. The standard InChI is InChI=1S/C26H27FN2O5S/c1-18(21-11-7-9-19-8-3-4-10-22(19)21)28-25(30)17-34-26(31)20-12-13-23(27)24(16-20)35(32,33)29-14-5-2-6-15-29/h3-4,7-13,16,18H,2,5-6,14-15,17H2,1H3,(H,28,30). The second-order valence-electron chi connectivity index (χ2n) is 8.54. The zero-order valence-corrected chi connectivity index (χ0v) is 20.2. The van der Waals surface area contributed by atoms with Crippen LogP contribution in [0.2, 0.25) is 0 Å². The van der Waals surface area contributed by atoms with E-state index in [9.17, 15) is 22.4 Å². The maximum absolute atomic E-state index is 14.4. The number of fused-ring (bicyclic) bond motifs is 1. The van der Waals surface area contributed by atoms with E-state index >= 15 is 0 Å². The van der Waals surface area contributed by atoms with Gasteiger partial charge in [-0.2, -0.15) is 4.31 Å². The molecule has 0 saturated carbocycles. The second-order valence-corrected chi connectivity index (χ2v) is 10.5. The Kier molecular flexibility index (Phi) is 7.47. The summed E-state index contributed by atoms with van der Waals surface area (Å²) >= 11 is 0. The minimum absolute atomic E-state index is 0.142. The molecule has 1 heterocycles. The van der Waals surface area contributed by atoms with E-state index in [4.69, 9.17) is 4.74 Å². The van der Waals surface area contributed by atoms with Gasteiger partial charge in [-0.3, -0.25) is 4.79 Å². The third-order valence-corrected chi connectivity index (χ3v) is 8.02. The summed E-state index contributed by atoms with van der Waals surface area (Å²) in [5.74, 6) is -2.36. The van der Waals surface area contributed by atoms with Crippen LogP contribution in [0.3, 0.4) is 0 Å². The molecular formula is C26H27FN2O5S. The van der Waals surface area contributed by atoms with Gasteiger partial charge in [0.15, 0.2) is 6.61 Å². The maximum Gasteiger partial charge on any atom is 0.338 e. The fourth-order valence-electron chi connectivity index (χ4n) is 4.28. The van der Waals surface area contributed by atoms with Crippen molar-refractivity contribution in [2.24, 2.45) is 0 Å². The molecule has 0 radical (unpaired) electrons. The van der Waals surface area contributed by atoms with Gasteiger partial charge in [-0.1, -0.05) is 48.9 Å². The van der Waals surface area contributed by atoms with Crippen molar-refractivity contribution in [3.05, 3.63) is 77.6 Å². The van der Waals surface area contributed by atoms with Gasteiger partial charge in [-0.25, -0.2) is 17.6 Å². The Hall–Kier alpha value is -3.30. The minimum atomic E-state index is -4.07. The van der Waals surface area contributed by atoms with Crippen LogP contribution in [0.4, 0.5) is 4.39 Å². The number of hydrogen-bond acceptors (Lipinski definition) is 5. The number of nitrogens with zero attached hydrogens (tertiary/aromatic N) is 1. The zero-order valence-electron chi connectivity index (χ0n) is 19.4. The summed E-state index contributed by atoms with van der Waals surface area (Å²) in [4.78, 5) is 24.4. The van der Waals surface area contributed by atoms with Gasteiger partial charge in [-0.15, -0.1) is 0 Å². The topological polar surface area (TPSA) is 92.8 Å². The summed E-state index contributed by atoms with van der Waals surface area (Å²) in [6, 6.07) is 16.3. The summed E-state index contributed by atoms with van der Waals surface area (Å²) in [6.07, 6.45) is 2.33. The van der Waals surface area contributed by atoms with Crippen LogP contribution in [-0.4, -0.2) is 44.3 Å². The van der Waals surface area contributed by atoms with Gasteiger partial charge in [0.05, 0.1) is 11.6 Å². The molecule has 3 aromatic carbocycles. The molecule has 1 amide bonds. The fourth-order valence-corrected chi connectivity index (χ4v) is 5.88. The third kappa shape index (κ3) is 5.52. The number of benzene rings is 3. The summed E-state index contributed by atoms with van der Waals surface area (Å²) < 4.78 is 46.4. The first-order valence-corrected chi connectivity index (χ1v) is 13.0. The Morgan fingerprint density at radius 1 is 1.03 bits per heavy atom. The van der Waals surface area contributed by atoms with Gasteiger partial charge in [0.2, 0.25) is 10.0 Å². The number of carbonyl (C=O) groups excluding carboxylic acids is 2. The SMILES string of the molecule is CC(NC(=O)COC(=O)c1ccc(F)c(S(=O)(=O)N2CCCCC2)c1)c1cccc2ccccc12. The highest BCUT2D eigenvalue weighted by molar-refractivity contribution is 7.89. The van der Waals surface area contributed by atoms with Crippen LogP contribution in [0.15, 0.2) is 65.6 Å². The van der Waals surface area contributed by atoms with E-state index in [-0.39, 0.29) is 11.6 Å². The van der Waals surface area contributed by atoms with Crippen molar-refractivity contribution in [2.75, 3.05) is 19.7 Å². The number of ether oxygens (including phenoxy) is 1. The molecule has 1 atom stereocenters. The number of rotatable bonds is 7. The molecule has 3 aromatic rings. The second kappa shape index (κ2) is 10.5. The lowest BCUT2D eigenvalue weighted by molar-refractivity contribution is -0.124. The largest absolute Gasteiger partial charge is 0.452 e. The highest BCUT2D eigenvalue weighted by atomic mass is 32.2. The van der Waals surface area contributed by atoms with E-state index in [1.54, 1.807) is 0 Å². The Labute approximate surface area is 203 Å². The molecule has 35 heavy (non-hydrogen) atoms. The molecule has 1 aliphatic rings. The number of amides is 1. The van der Waals surface area contributed by atoms with Crippen LogP contribution in [0.5, 0.6) is 0 Å². The van der Waals surface area contributed by atoms with Gasteiger partial charge in [0, 0.05) is 13.1 Å². The first kappa shape index (κ1) is 24.8. The minimum Gasteiger partial charge on any atom is -0.452 e. The smallest absolute Gasteiger partial charge is 0.338 e. The van der Waals surface area contributed by atoms with Gasteiger partial charge >= 0.3 is 5.97 Å². The molecule has 184 valence electrons. The number of hydrogen-bond donors (Lipinski definition) is 1. The van der Waals surface area contributed by atoms with Crippen molar-refractivity contribution < 1.29 is 27.1 Å². The summed E-state index contributed by atoms with van der Waals surface area (Å²) in [5.41, 5.74) is 0.783. The fraction of sp³-hybridized carbons (Fsp3) is 0.308. The van der Waals surface area contributed by atoms with Crippen LogP contribution in [-0.2, 0) is 19.6 Å². The molecular weight excluding hydrogens is 471 g/mol. The number of halogens is 1. The van der Waals surface area contributed by atoms with Crippen molar-refractivity contribution in [2.45, 2.75) is 37.1 Å². The molecule has 1 N–H and O–H groups in total.